The van der Waals surface area contributed by atoms with E-state index >= 15 is 0 Å². The van der Waals surface area contributed by atoms with E-state index in [0.717, 1.165) is 0 Å². The van der Waals surface area contributed by atoms with Crippen LogP contribution < -0.4 is 5.32 Å². The minimum atomic E-state index is -1.14. The number of hydrogen-bond acceptors (Lipinski definition) is 4. The van der Waals surface area contributed by atoms with Crippen molar-refractivity contribution < 1.29 is 14.8 Å². The molecule has 2 N–H and O–H groups in total. The van der Waals surface area contributed by atoms with Crippen molar-refractivity contribution in [2.45, 2.75) is 0 Å². The minimum Gasteiger partial charge on any atom is -0.478 e. The van der Waals surface area contributed by atoms with Crippen LogP contribution in [0.3, 0.4) is 0 Å². The SMILES string of the molecule is O=C(O)c1cccc(Br)c1Nc1ccc(Cl)cc1[N+](=O)[O-]. The number of nitrogens with one attached hydrogen (secondary N) is 1. The van der Waals surface area contributed by atoms with E-state index in [4.69, 9.17) is 11.6 Å². The molecule has 0 radical (unpaired) electrons. The first-order valence-electron chi connectivity index (χ1n) is 5.63. The number of benzene rings is 2. The number of hydrogen-bond donors (Lipinski definition) is 2. The molecule has 0 fully saturated rings. The molecule has 21 heavy (non-hydrogen) atoms. The number of nitrogens with zero attached hydrogens (tertiary/aromatic N) is 1. The van der Waals surface area contributed by atoms with Crippen LogP contribution in [0.1, 0.15) is 10.4 Å². The highest BCUT2D eigenvalue weighted by Gasteiger charge is 2.18. The number of anilines is 2. The molecule has 8 heteroatoms. The van der Waals surface area contributed by atoms with E-state index in [9.17, 15) is 20.0 Å². The molecule has 0 spiro atoms. The quantitative estimate of drug-likeness (QED) is 0.612. The monoisotopic (exact) mass is 370 g/mol. The van der Waals surface area contributed by atoms with E-state index in [0.29, 0.717) is 4.47 Å². The van der Waals surface area contributed by atoms with E-state index in [1.165, 1.54) is 24.3 Å². The molecule has 0 aromatic heterocycles. The summed E-state index contributed by atoms with van der Waals surface area (Å²) < 4.78 is 0.478. The summed E-state index contributed by atoms with van der Waals surface area (Å²) in [7, 11) is 0. The average Bonchev–Trinajstić information content (AvgIpc) is 2.42. The number of nitro benzene ring substituents is 1. The van der Waals surface area contributed by atoms with Gasteiger partial charge in [-0.1, -0.05) is 17.7 Å². The third-order valence-electron chi connectivity index (χ3n) is 2.66. The molecule has 6 nitrogen and oxygen atoms in total. The largest absolute Gasteiger partial charge is 0.478 e. The summed E-state index contributed by atoms with van der Waals surface area (Å²) in [5, 5.41) is 23.2. The Hall–Kier alpha value is -2.12. The molecule has 108 valence electrons. The first kappa shape index (κ1) is 15.3. The highest BCUT2D eigenvalue weighted by atomic mass is 79.9. The smallest absolute Gasteiger partial charge is 0.337 e. The number of nitro groups is 1. The van der Waals surface area contributed by atoms with Crippen molar-refractivity contribution in [2.24, 2.45) is 0 Å². The fourth-order valence-corrected chi connectivity index (χ4v) is 2.36. The van der Waals surface area contributed by atoms with Gasteiger partial charge in [-0.05, 0) is 40.2 Å². The lowest BCUT2D eigenvalue weighted by Gasteiger charge is -2.12. The molecule has 2 aromatic carbocycles. The molecular weight excluding hydrogens is 364 g/mol. The Morgan fingerprint density at radius 3 is 2.67 bits per heavy atom. The average molecular weight is 372 g/mol. The van der Waals surface area contributed by atoms with Crippen LogP contribution in [0, 0.1) is 10.1 Å². The van der Waals surface area contributed by atoms with Gasteiger partial charge in [0.05, 0.1) is 16.2 Å². The fourth-order valence-electron chi connectivity index (χ4n) is 1.73. The van der Waals surface area contributed by atoms with Gasteiger partial charge in [0.25, 0.3) is 5.69 Å². The van der Waals surface area contributed by atoms with Crippen LogP contribution in [-0.4, -0.2) is 16.0 Å². The molecule has 0 aliphatic carbocycles. The summed E-state index contributed by atoms with van der Waals surface area (Å²) in [5.74, 6) is -1.14. The van der Waals surface area contributed by atoms with Gasteiger partial charge in [-0.25, -0.2) is 4.79 Å². The Labute approximate surface area is 132 Å². The van der Waals surface area contributed by atoms with Gasteiger partial charge in [0.15, 0.2) is 0 Å². The van der Waals surface area contributed by atoms with Gasteiger partial charge < -0.3 is 10.4 Å². The minimum absolute atomic E-state index is 0.00590. The maximum atomic E-state index is 11.2. The zero-order valence-electron chi connectivity index (χ0n) is 10.3. The standard InChI is InChI=1S/C13H8BrClN2O4/c14-9-3-1-2-8(13(18)19)12(9)16-10-5-4-7(15)6-11(10)17(20)21/h1-6,16H,(H,18,19). The molecule has 0 unspecified atom stereocenters. The molecular formula is C13H8BrClN2O4. The van der Waals surface area contributed by atoms with Crippen LogP contribution in [0.5, 0.6) is 0 Å². The van der Waals surface area contributed by atoms with Crippen LogP contribution >= 0.6 is 27.5 Å². The highest BCUT2D eigenvalue weighted by molar-refractivity contribution is 9.10. The Bertz CT molecular complexity index is 736. The van der Waals surface area contributed by atoms with Gasteiger partial charge >= 0.3 is 5.97 Å². The second-order valence-corrected chi connectivity index (χ2v) is 5.30. The first-order chi connectivity index (χ1) is 9.90. The topological polar surface area (TPSA) is 92.5 Å². The third-order valence-corrected chi connectivity index (χ3v) is 3.56. The molecule has 2 rings (SSSR count). The predicted molar refractivity (Wildman–Crippen MR) is 82.5 cm³/mol. The normalized spacial score (nSPS) is 10.2. The van der Waals surface area contributed by atoms with Gasteiger partial charge in [-0.3, -0.25) is 10.1 Å². The molecule has 0 aliphatic rings. The van der Waals surface area contributed by atoms with E-state index in [1.807, 2.05) is 0 Å². The number of rotatable bonds is 4. The number of carboxylic acid groups (broad SMARTS) is 1. The van der Waals surface area contributed by atoms with Crippen molar-refractivity contribution >= 4 is 50.6 Å². The Morgan fingerprint density at radius 1 is 1.33 bits per heavy atom. The maximum Gasteiger partial charge on any atom is 0.337 e. The Kier molecular flexibility index (Phi) is 4.44. The number of para-hydroxylation sites is 1. The predicted octanol–water partition coefficient (Wildman–Crippen LogP) is 4.45. The van der Waals surface area contributed by atoms with Gasteiger partial charge in [0, 0.05) is 15.6 Å². The molecule has 0 saturated heterocycles. The fraction of sp³-hybridized carbons (Fsp3) is 0. The van der Waals surface area contributed by atoms with Gasteiger partial charge in [0.1, 0.15) is 5.69 Å². The summed E-state index contributed by atoms with van der Waals surface area (Å²) in [4.78, 5) is 21.7. The number of carboxylic acids is 1. The van der Waals surface area contributed by atoms with Gasteiger partial charge in [0.2, 0.25) is 0 Å². The van der Waals surface area contributed by atoms with Gasteiger partial charge in [-0.15, -0.1) is 0 Å². The van der Waals surface area contributed by atoms with E-state index in [-0.39, 0.29) is 27.6 Å². The second-order valence-electron chi connectivity index (χ2n) is 4.01. The first-order valence-corrected chi connectivity index (χ1v) is 6.80. The molecule has 0 bridgehead atoms. The van der Waals surface area contributed by atoms with Crippen molar-refractivity contribution in [1.82, 2.24) is 0 Å². The van der Waals surface area contributed by atoms with Crippen molar-refractivity contribution in [2.75, 3.05) is 5.32 Å². The van der Waals surface area contributed by atoms with E-state index in [2.05, 4.69) is 21.2 Å². The van der Waals surface area contributed by atoms with Crippen molar-refractivity contribution in [3.63, 3.8) is 0 Å². The summed E-state index contributed by atoms with van der Waals surface area (Å²) in [6, 6.07) is 8.70. The lowest BCUT2D eigenvalue weighted by atomic mass is 10.1. The maximum absolute atomic E-state index is 11.2. The molecule has 0 aliphatic heterocycles. The molecule has 0 saturated carbocycles. The van der Waals surface area contributed by atoms with E-state index < -0.39 is 10.9 Å². The number of aromatic carboxylic acids is 1. The molecule has 2 aromatic rings. The zero-order chi connectivity index (χ0) is 15.6. The molecule has 0 heterocycles. The number of halogens is 2. The van der Waals surface area contributed by atoms with Crippen molar-refractivity contribution in [1.29, 1.82) is 0 Å². The summed E-state index contributed by atoms with van der Waals surface area (Å²) in [6.45, 7) is 0. The van der Waals surface area contributed by atoms with E-state index in [1.54, 1.807) is 12.1 Å². The Balaban J connectivity index is 2.53. The summed E-state index contributed by atoms with van der Waals surface area (Å²) in [6.07, 6.45) is 0. The van der Waals surface area contributed by atoms with Crippen LogP contribution in [0.25, 0.3) is 0 Å². The van der Waals surface area contributed by atoms with Crippen LogP contribution in [-0.2, 0) is 0 Å². The second kappa shape index (κ2) is 6.11. The van der Waals surface area contributed by atoms with Gasteiger partial charge in [-0.2, -0.15) is 0 Å². The summed E-state index contributed by atoms with van der Waals surface area (Å²) in [5.41, 5.74) is 0.137. The Morgan fingerprint density at radius 2 is 2.05 bits per heavy atom. The van der Waals surface area contributed by atoms with Crippen LogP contribution in [0.4, 0.5) is 17.1 Å². The van der Waals surface area contributed by atoms with Crippen LogP contribution in [0.2, 0.25) is 5.02 Å². The van der Waals surface area contributed by atoms with Crippen molar-refractivity contribution in [3.8, 4) is 0 Å². The van der Waals surface area contributed by atoms with Crippen LogP contribution in [0.15, 0.2) is 40.9 Å². The molecule has 0 atom stereocenters. The zero-order valence-corrected chi connectivity index (χ0v) is 12.7. The number of carbonyl (C=O) groups is 1. The highest BCUT2D eigenvalue weighted by Crippen LogP contribution is 2.34. The van der Waals surface area contributed by atoms with Crippen molar-refractivity contribution in [3.05, 3.63) is 61.6 Å². The summed E-state index contributed by atoms with van der Waals surface area (Å²) >= 11 is 8.97. The lowest BCUT2D eigenvalue weighted by Crippen LogP contribution is -2.04. The third kappa shape index (κ3) is 3.32. The lowest BCUT2D eigenvalue weighted by molar-refractivity contribution is -0.383. The molecule has 0 amide bonds.